The predicted molar refractivity (Wildman–Crippen MR) is 99.9 cm³/mol. The summed E-state index contributed by atoms with van der Waals surface area (Å²) in [7, 11) is 3.26. The number of ether oxygens (including phenoxy) is 2. The summed E-state index contributed by atoms with van der Waals surface area (Å²) in [6.07, 6.45) is 3.63. The summed E-state index contributed by atoms with van der Waals surface area (Å²) in [6.45, 7) is 2.03. The lowest BCUT2D eigenvalue weighted by atomic mass is 10.0. The number of allylic oxidation sites excluding steroid dienone is 1. The molecule has 0 atom stereocenters. The van der Waals surface area contributed by atoms with Crippen molar-refractivity contribution < 1.29 is 9.47 Å². The number of anilines is 2. The van der Waals surface area contributed by atoms with Crippen molar-refractivity contribution in [1.29, 1.82) is 0 Å². The summed E-state index contributed by atoms with van der Waals surface area (Å²) in [4.78, 5) is 11.0. The second-order valence-corrected chi connectivity index (χ2v) is 6.15. The van der Waals surface area contributed by atoms with Gasteiger partial charge in [0.15, 0.2) is 11.5 Å². The fourth-order valence-corrected chi connectivity index (χ4v) is 3.35. The lowest BCUT2D eigenvalue weighted by Gasteiger charge is -2.30. The molecule has 0 aliphatic carbocycles. The molecule has 1 aliphatic rings. The minimum absolute atomic E-state index is 0.652. The molecule has 0 spiro atoms. The zero-order valence-corrected chi connectivity index (χ0v) is 14.8. The van der Waals surface area contributed by atoms with Gasteiger partial charge >= 0.3 is 0 Å². The minimum Gasteiger partial charge on any atom is -0.493 e. The average molecular weight is 354 g/mol. The second kappa shape index (κ2) is 5.93. The molecule has 4 rings (SSSR count). The molecule has 2 heterocycles. The second-order valence-electron chi connectivity index (χ2n) is 5.71. The van der Waals surface area contributed by atoms with Crippen LogP contribution in [-0.2, 0) is 0 Å². The van der Waals surface area contributed by atoms with Crippen LogP contribution >= 0.6 is 11.6 Å². The number of hydrogen-bond donors (Lipinski definition) is 0. The van der Waals surface area contributed by atoms with E-state index in [-0.39, 0.29) is 0 Å². The van der Waals surface area contributed by atoms with E-state index in [0.29, 0.717) is 16.5 Å². The average Bonchev–Trinajstić information content (AvgIpc) is 2.62. The summed E-state index contributed by atoms with van der Waals surface area (Å²) in [5.74, 6) is 2.14. The molecule has 0 saturated carbocycles. The van der Waals surface area contributed by atoms with Crippen molar-refractivity contribution in [2.75, 3.05) is 19.1 Å². The van der Waals surface area contributed by atoms with E-state index in [2.05, 4.69) is 20.9 Å². The molecule has 6 heteroatoms. The molecule has 0 saturated heterocycles. The molecule has 1 aromatic heterocycles. The van der Waals surface area contributed by atoms with E-state index >= 15 is 0 Å². The highest BCUT2D eigenvalue weighted by Gasteiger charge is 2.26. The fraction of sp³-hybridized carbons (Fsp3) is 0.158. The molecule has 3 aromatic rings. The van der Waals surface area contributed by atoms with Gasteiger partial charge in [-0.15, -0.1) is 0 Å². The Labute approximate surface area is 150 Å². The molecule has 0 amide bonds. The van der Waals surface area contributed by atoms with Crippen LogP contribution in [0.2, 0.25) is 5.02 Å². The van der Waals surface area contributed by atoms with E-state index in [0.717, 1.165) is 33.7 Å². The van der Waals surface area contributed by atoms with E-state index in [1.807, 2.05) is 37.3 Å². The quantitative estimate of drug-likeness (QED) is 0.676. The molecule has 5 nitrogen and oxygen atoms in total. The molecule has 1 aliphatic heterocycles. The Morgan fingerprint density at radius 2 is 1.80 bits per heavy atom. The first-order valence-corrected chi connectivity index (χ1v) is 8.15. The molecular weight excluding hydrogens is 338 g/mol. The maximum absolute atomic E-state index is 6.03. The molecular formula is C19H16ClN3O2. The van der Waals surface area contributed by atoms with Gasteiger partial charge in [-0.3, -0.25) is 4.90 Å². The van der Waals surface area contributed by atoms with Crippen molar-refractivity contribution in [2.45, 2.75) is 6.92 Å². The molecule has 126 valence electrons. The third-order valence-electron chi connectivity index (χ3n) is 4.29. The first-order chi connectivity index (χ1) is 12.1. The Kier molecular flexibility index (Phi) is 3.73. The Morgan fingerprint density at radius 1 is 1.04 bits per heavy atom. The zero-order valence-electron chi connectivity index (χ0n) is 14.1. The number of nitrogens with zero attached hydrogens (tertiary/aromatic N) is 3. The molecule has 0 unspecified atom stereocenters. The Bertz CT molecular complexity index is 1000. The molecule has 0 N–H and O–H groups in total. The normalized spacial score (nSPS) is 13.0. The van der Waals surface area contributed by atoms with Gasteiger partial charge < -0.3 is 9.47 Å². The van der Waals surface area contributed by atoms with Gasteiger partial charge in [0.05, 0.1) is 25.1 Å². The van der Waals surface area contributed by atoms with Gasteiger partial charge in [-0.05, 0) is 37.3 Å². The number of rotatable bonds is 3. The highest BCUT2D eigenvalue weighted by atomic mass is 35.5. The van der Waals surface area contributed by atoms with Crippen LogP contribution in [0.5, 0.6) is 11.5 Å². The zero-order chi connectivity index (χ0) is 17.6. The smallest absolute Gasteiger partial charge is 0.168 e. The van der Waals surface area contributed by atoms with Crippen LogP contribution in [0.25, 0.3) is 17.0 Å². The molecule has 0 bridgehead atoms. The Hall–Kier alpha value is -2.79. The van der Waals surface area contributed by atoms with Gasteiger partial charge in [0.2, 0.25) is 0 Å². The predicted octanol–water partition coefficient (Wildman–Crippen LogP) is 4.81. The van der Waals surface area contributed by atoms with Crippen molar-refractivity contribution in [3.05, 3.63) is 52.9 Å². The molecule has 0 radical (unpaired) electrons. The summed E-state index contributed by atoms with van der Waals surface area (Å²) in [5.41, 5.74) is 3.73. The van der Waals surface area contributed by atoms with Gasteiger partial charge in [-0.1, -0.05) is 11.6 Å². The molecule has 25 heavy (non-hydrogen) atoms. The van der Waals surface area contributed by atoms with Gasteiger partial charge in [-0.2, -0.15) is 0 Å². The van der Waals surface area contributed by atoms with Crippen molar-refractivity contribution in [3.63, 3.8) is 0 Å². The van der Waals surface area contributed by atoms with Crippen molar-refractivity contribution in [3.8, 4) is 11.5 Å². The van der Waals surface area contributed by atoms with Crippen molar-refractivity contribution in [2.24, 2.45) is 0 Å². The summed E-state index contributed by atoms with van der Waals surface area (Å²) in [6, 6.07) is 9.55. The van der Waals surface area contributed by atoms with E-state index in [1.54, 1.807) is 20.5 Å². The summed E-state index contributed by atoms with van der Waals surface area (Å²) >= 11 is 6.03. The number of halogens is 1. The van der Waals surface area contributed by atoms with Crippen LogP contribution in [0.15, 0.2) is 42.4 Å². The van der Waals surface area contributed by atoms with Gasteiger partial charge in [0, 0.05) is 28.0 Å². The van der Waals surface area contributed by atoms with E-state index < -0.39 is 0 Å². The highest BCUT2D eigenvalue weighted by molar-refractivity contribution is 6.30. The lowest BCUT2D eigenvalue weighted by Crippen LogP contribution is -2.19. The van der Waals surface area contributed by atoms with Crippen LogP contribution in [0.1, 0.15) is 12.5 Å². The van der Waals surface area contributed by atoms with E-state index in [1.165, 1.54) is 0 Å². The first kappa shape index (κ1) is 15.7. The number of benzene rings is 2. The minimum atomic E-state index is 0.652. The first-order valence-electron chi connectivity index (χ1n) is 7.77. The third-order valence-corrected chi connectivity index (χ3v) is 4.54. The van der Waals surface area contributed by atoms with E-state index in [9.17, 15) is 0 Å². The van der Waals surface area contributed by atoms with Crippen molar-refractivity contribution >= 4 is 40.1 Å². The van der Waals surface area contributed by atoms with Crippen LogP contribution < -0.4 is 14.4 Å². The Morgan fingerprint density at radius 3 is 2.48 bits per heavy atom. The Balaban J connectivity index is 2.03. The van der Waals surface area contributed by atoms with E-state index in [4.69, 9.17) is 21.1 Å². The molecule has 2 aromatic carbocycles. The maximum Gasteiger partial charge on any atom is 0.168 e. The van der Waals surface area contributed by atoms with Crippen LogP contribution in [0.3, 0.4) is 0 Å². The highest BCUT2D eigenvalue weighted by Crippen LogP contribution is 2.46. The largest absolute Gasteiger partial charge is 0.493 e. The monoisotopic (exact) mass is 353 g/mol. The topological polar surface area (TPSA) is 47.5 Å². The maximum atomic E-state index is 6.03. The lowest BCUT2D eigenvalue weighted by molar-refractivity contribution is 0.355. The fourth-order valence-electron chi connectivity index (χ4n) is 3.22. The van der Waals surface area contributed by atoms with Gasteiger partial charge in [0.25, 0.3) is 0 Å². The summed E-state index contributed by atoms with van der Waals surface area (Å²) < 4.78 is 11.1. The number of hydrogen-bond acceptors (Lipinski definition) is 5. The van der Waals surface area contributed by atoms with Crippen LogP contribution in [-0.4, -0.2) is 24.2 Å². The standard InChI is InChI=1S/C19H16ClN3O2/c1-11-8-14-17-15(9-16(24-2)18(14)25-3)21-10-22-19(17)23(11)13-6-4-12(20)5-7-13/h4-10H,1-3H3. The van der Waals surface area contributed by atoms with Crippen LogP contribution in [0, 0.1) is 0 Å². The van der Waals surface area contributed by atoms with Gasteiger partial charge in [-0.25, -0.2) is 9.97 Å². The third kappa shape index (κ3) is 2.39. The SMILES string of the molecule is COc1cc2ncnc3c2c(c1OC)C=C(C)N3c1ccc(Cl)cc1. The van der Waals surface area contributed by atoms with Crippen LogP contribution in [0.4, 0.5) is 11.5 Å². The molecule has 0 fully saturated rings. The van der Waals surface area contributed by atoms with Crippen molar-refractivity contribution in [1.82, 2.24) is 9.97 Å². The number of methoxy groups -OCH3 is 2. The number of aromatic nitrogens is 2. The summed E-state index contributed by atoms with van der Waals surface area (Å²) in [5, 5.41) is 1.63. The van der Waals surface area contributed by atoms with Gasteiger partial charge in [0.1, 0.15) is 12.1 Å².